The van der Waals surface area contributed by atoms with Crippen molar-refractivity contribution in [2.24, 2.45) is 0 Å². The summed E-state index contributed by atoms with van der Waals surface area (Å²) in [5, 5.41) is 9.16. The van der Waals surface area contributed by atoms with Crippen LogP contribution in [0.1, 0.15) is 44.6 Å². The Morgan fingerprint density at radius 1 is 1.21 bits per heavy atom. The predicted molar refractivity (Wildman–Crippen MR) is 78.8 cm³/mol. The summed E-state index contributed by atoms with van der Waals surface area (Å²) in [7, 11) is 0. The van der Waals surface area contributed by atoms with E-state index in [2.05, 4.69) is 17.9 Å². The lowest BCUT2D eigenvalue weighted by molar-refractivity contribution is 0.278. The van der Waals surface area contributed by atoms with Gasteiger partial charge in [-0.15, -0.1) is 0 Å². The molecule has 0 unspecified atom stereocenters. The molecule has 0 amide bonds. The highest BCUT2D eigenvalue weighted by atomic mass is 16.5. The maximum atomic E-state index is 9.16. The number of nitrogens with zero attached hydrogens (tertiary/aromatic N) is 1. The van der Waals surface area contributed by atoms with Gasteiger partial charge in [-0.25, -0.2) is 0 Å². The van der Waals surface area contributed by atoms with E-state index in [1.807, 2.05) is 12.1 Å². The lowest BCUT2D eigenvalue weighted by atomic mass is 10.1. The van der Waals surface area contributed by atoms with Gasteiger partial charge in [-0.3, -0.25) is 0 Å². The van der Waals surface area contributed by atoms with E-state index in [4.69, 9.17) is 9.84 Å². The van der Waals surface area contributed by atoms with Gasteiger partial charge < -0.3 is 14.7 Å². The first-order valence-electron chi connectivity index (χ1n) is 7.46. The Balaban J connectivity index is 1.90. The molecule has 0 saturated heterocycles. The lowest BCUT2D eigenvalue weighted by Crippen LogP contribution is -2.33. The first-order valence-corrected chi connectivity index (χ1v) is 7.46. The van der Waals surface area contributed by atoms with Crippen LogP contribution in [0.3, 0.4) is 0 Å². The Kier molecular flexibility index (Phi) is 5.52. The number of rotatable bonds is 7. The quantitative estimate of drug-likeness (QED) is 0.766. The molecular weight excluding hydrogens is 238 g/mol. The van der Waals surface area contributed by atoms with Crippen molar-refractivity contribution in [3.8, 4) is 5.75 Å². The van der Waals surface area contributed by atoms with Crippen LogP contribution < -0.4 is 9.64 Å². The highest BCUT2D eigenvalue weighted by Gasteiger charge is 2.17. The zero-order valence-corrected chi connectivity index (χ0v) is 11.9. The van der Waals surface area contributed by atoms with Gasteiger partial charge in [-0.1, -0.05) is 38.7 Å². The molecular formula is C16H25NO2. The van der Waals surface area contributed by atoms with Gasteiger partial charge in [0.05, 0.1) is 18.8 Å². The third-order valence-corrected chi connectivity index (χ3v) is 3.70. The van der Waals surface area contributed by atoms with Gasteiger partial charge in [0.2, 0.25) is 0 Å². The zero-order valence-electron chi connectivity index (χ0n) is 11.9. The number of aliphatic hydroxyl groups is 1. The van der Waals surface area contributed by atoms with Crippen LogP contribution in [0.4, 0.5) is 5.69 Å². The van der Waals surface area contributed by atoms with E-state index in [0.717, 1.165) is 31.0 Å². The van der Waals surface area contributed by atoms with E-state index >= 15 is 0 Å². The van der Waals surface area contributed by atoms with Gasteiger partial charge in [0.1, 0.15) is 12.4 Å². The molecule has 0 spiro atoms. The summed E-state index contributed by atoms with van der Waals surface area (Å²) in [6.45, 7) is 5.15. The van der Waals surface area contributed by atoms with Crippen LogP contribution in [0.25, 0.3) is 0 Å². The van der Waals surface area contributed by atoms with Crippen LogP contribution >= 0.6 is 0 Å². The van der Waals surface area contributed by atoms with Gasteiger partial charge in [0.25, 0.3) is 0 Å². The molecule has 0 fully saturated rings. The summed E-state index contributed by atoms with van der Waals surface area (Å²) in [6.07, 6.45) is 6.55. The number of aliphatic hydroxyl groups excluding tert-OH is 1. The third-order valence-electron chi connectivity index (χ3n) is 3.70. The van der Waals surface area contributed by atoms with Crippen LogP contribution in [0.2, 0.25) is 0 Å². The molecule has 3 nitrogen and oxygen atoms in total. The van der Waals surface area contributed by atoms with Gasteiger partial charge >= 0.3 is 0 Å². The second-order valence-corrected chi connectivity index (χ2v) is 5.21. The molecule has 1 N–H and O–H groups in total. The van der Waals surface area contributed by atoms with E-state index in [1.165, 1.54) is 37.8 Å². The molecule has 0 saturated carbocycles. The molecule has 2 rings (SSSR count). The summed E-state index contributed by atoms with van der Waals surface area (Å²) >= 11 is 0. The minimum Gasteiger partial charge on any atom is -0.490 e. The second-order valence-electron chi connectivity index (χ2n) is 5.21. The predicted octanol–water partition coefficient (Wildman–Crippen LogP) is 3.35. The monoisotopic (exact) mass is 263 g/mol. The average molecular weight is 263 g/mol. The van der Waals surface area contributed by atoms with E-state index < -0.39 is 0 Å². The molecule has 0 aliphatic carbocycles. The summed E-state index contributed by atoms with van der Waals surface area (Å²) in [5.41, 5.74) is 2.10. The number of anilines is 1. The molecule has 3 heteroatoms. The molecule has 106 valence electrons. The number of hydrogen-bond donors (Lipinski definition) is 1. The standard InChI is InChI=1S/C16H25NO2/c1-2-3-4-5-6-9-17-10-11-19-16-12-14(13-18)7-8-15(16)17/h7-8,12,18H,2-6,9-11,13H2,1H3. The molecule has 0 aromatic heterocycles. The summed E-state index contributed by atoms with van der Waals surface area (Å²) in [4.78, 5) is 2.41. The Labute approximate surface area is 116 Å². The van der Waals surface area contributed by atoms with Crippen molar-refractivity contribution in [2.45, 2.75) is 45.6 Å². The maximum absolute atomic E-state index is 9.16. The topological polar surface area (TPSA) is 32.7 Å². The third kappa shape index (κ3) is 3.87. The second kappa shape index (κ2) is 7.39. The molecule has 1 aromatic rings. The largest absolute Gasteiger partial charge is 0.490 e. The Hall–Kier alpha value is -1.22. The highest BCUT2D eigenvalue weighted by molar-refractivity contribution is 5.61. The van der Waals surface area contributed by atoms with Gasteiger partial charge in [-0.2, -0.15) is 0 Å². The minimum absolute atomic E-state index is 0.0770. The number of unbranched alkanes of at least 4 members (excludes halogenated alkanes) is 4. The van der Waals surface area contributed by atoms with Gasteiger partial charge in [-0.05, 0) is 24.1 Å². The van der Waals surface area contributed by atoms with Crippen molar-refractivity contribution in [2.75, 3.05) is 24.6 Å². The highest BCUT2D eigenvalue weighted by Crippen LogP contribution is 2.32. The number of ether oxygens (including phenoxy) is 1. The minimum atomic E-state index is 0.0770. The Morgan fingerprint density at radius 3 is 2.84 bits per heavy atom. The molecule has 1 aliphatic heterocycles. The van der Waals surface area contributed by atoms with Crippen molar-refractivity contribution in [3.63, 3.8) is 0 Å². The molecule has 1 aliphatic rings. The summed E-state index contributed by atoms with van der Waals surface area (Å²) < 4.78 is 5.69. The normalized spacial score (nSPS) is 14.1. The fraction of sp³-hybridized carbons (Fsp3) is 0.625. The van der Waals surface area contributed by atoms with E-state index in [1.54, 1.807) is 0 Å². The summed E-state index contributed by atoms with van der Waals surface area (Å²) in [6, 6.07) is 6.02. The smallest absolute Gasteiger partial charge is 0.143 e. The molecule has 0 bridgehead atoms. The fourth-order valence-electron chi connectivity index (χ4n) is 2.56. The first kappa shape index (κ1) is 14.2. The molecule has 0 radical (unpaired) electrons. The first-order chi connectivity index (χ1) is 9.35. The van der Waals surface area contributed by atoms with Crippen molar-refractivity contribution in [3.05, 3.63) is 23.8 Å². The van der Waals surface area contributed by atoms with Gasteiger partial charge in [0.15, 0.2) is 0 Å². The van der Waals surface area contributed by atoms with Crippen molar-refractivity contribution in [1.82, 2.24) is 0 Å². The van der Waals surface area contributed by atoms with E-state index in [0.29, 0.717) is 0 Å². The van der Waals surface area contributed by atoms with Crippen molar-refractivity contribution in [1.29, 1.82) is 0 Å². The van der Waals surface area contributed by atoms with Crippen LogP contribution in [0.15, 0.2) is 18.2 Å². The van der Waals surface area contributed by atoms with E-state index in [-0.39, 0.29) is 6.61 Å². The van der Waals surface area contributed by atoms with Crippen molar-refractivity contribution >= 4 is 5.69 Å². The van der Waals surface area contributed by atoms with Crippen molar-refractivity contribution < 1.29 is 9.84 Å². The van der Waals surface area contributed by atoms with Crippen LogP contribution in [-0.4, -0.2) is 24.8 Å². The molecule has 0 atom stereocenters. The molecule has 19 heavy (non-hydrogen) atoms. The van der Waals surface area contributed by atoms with Crippen LogP contribution in [0, 0.1) is 0 Å². The van der Waals surface area contributed by atoms with Crippen LogP contribution in [0.5, 0.6) is 5.75 Å². The lowest BCUT2D eigenvalue weighted by Gasteiger charge is -2.31. The Morgan fingerprint density at radius 2 is 2.05 bits per heavy atom. The molecule has 1 heterocycles. The summed E-state index contributed by atoms with van der Waals surface area (Å²) in [5.74, 6) is 0.923. The number of fused-ring (bicyclic) bond motifs is 1. The average Bonchev–Trinajstić information content (AvgIpc) is 2.46. The number of hydrogen-bond acceptors (Lipinski definition) is 3. The molecule has 1 aromatic carbocycles. The fourth-order valence-corrected chi connectivity index (χ4v) is 2.56. The van der Waals surface area contributed by atoms with Crippen LogP contribution in [-0.2, 0) is 6.61 Å². The Bertz CT molecular complexity index is 392. The van der Waals surface area contributed by atoms with E-state index in [9.17, 15) is 0 Å². The zero-order chi connectivity index (χ0) is 13.5. The van der Waals surface area contributed by atoms with Gasteiger partial charge in [0, 0.05) is 6.54 Å². The maximum Gasteiger partial charge on any atom is 0.143 e. The number of benzene rings is 1. The SMILES string of the molecule is CCCCCCCN1CCOc2cc(CO)ccc21.